The van der Waals surface area contributed by atoms with Gasteiger partial charge in [0.05, 0.1) is 32.5 Å². The molecule has 122 heavy (non-hydrogen) atoms. The molecule has 662 valence electrons. The quantitative estimate of drug-likeness (QED) is 0.0224. The van der Waals surface area contributed by atoms with Crippen LogP contribution in [0.4, 0.5) is 84.7 Å². The number of carbonyl (C=O) groups is 4. The number of aromatic amines is 4. The Morgan fingerprint density at radius 2 is 0.656 bits per heavy atom. The summed E-state index contributed by atoms with van der Waals surface area (Å²) in [6.07, 6.45) is 0.708. The van der Waals surface area contributed by atoms with Crippen LogP contribution in [0.2, 0.25) is 20.1 Å². The summed E-state index contributed by atoms with van der Waals surface area (Å²) in [5.41, 5.74) is 3.87. The fourth-order valence-corrected chi connectivity index (χ4v) is 12.2. The van der Waals surface area contributed by atoms with Crippen LogP contribution in [0.5, 0.6) is 0 Å². The zero-order valence-electron chi connectivity index (χ0n) is 65.7. The lowest BCUT2D eigenvalue weighted by Gasteiger charge is -2.31. The van der Waals surface area contributed by atoms with Crippen molar-refractivity contribution in [2.24, 2.45) is 23.2 Å². The zero-order chi connectivity index (χ0) is 89.5. The van der Waals surface area contributed by atoms with Gasteiger partial charge in [0, 0.05) is 113 Å². The average molecular weight is 1810 g/mol. The molecule has 28 nitrogen and oxygen atoms in total. The number of aromatic nitrogens is 16. The van der Waals surface area contributed by atoms with Gasteiger partial charge in [0.2, 0.25) is 23.6 Å². The van der Waals surface area contributed by atoms with E-state index >= 15 is 0 Å². The van der Waals surface area contributed by atoms with Crippen LogP contribution in [-0.2, 0) is 19.2 Å². The first-order valence-corrected chi connectivity index (χ1v) is 38.5. The van der Waals surface area contributed by atoms with Gasteiger partial charge in [0.25, 0.3) is 0 Å². The monoisotopic (exact) mass is 1810 g/mol. The molecule has 4 amide bonds. The van der Waals surface area contributed by atoms with Crippen molar-refractivity contribution in [2.75, 3.05) is 47.4 Å². The van der Waals surface area contributed by atoms with E-state index in [1.165, 1.54) is 37.2 Å². The van der Waals surface area contributed by atoms with Crippen LogP contribution in [0.3, 0.4) is 0 Å². The fourth-order valence-electron chi connectivity index (χ4n) is 11.5. The predicted molar refractivity (Wildman–Crippen MR) is 443 cm³/mol. The van der Waals surface area contributed by atoms with Gasteiger partial charge in [-0.1, -0.05) is 128 Å². The summed E-state index contributed by atoms with van der Waals surface area (Å²) >= 11 is 24.0. The first kappa shape index (κ1) is 94.2. The Morgan fingerprint density at radius 3 is 0.934 bits per heavy atom. The second-order valence-corrected chi connectivity index (χ2v) is 30.4. The van der Waals surface area contributed by atoms with Gasteiger partial charge in [-0.05, 0) is 59.6 Å². The standard InChI is InChI=1S/2C19H19ClF4N6O.2C19H20ClF3N6O.5H2/c2*1-3-9(2)14(18(31)28-8-19(22,23)24)29-17-13(21)7-27-16(30-17)12-6-26-15-11(12)4-10(20)5-25-15;1-18(2,3)14(17(30)27-9-19(21,22)23)28-13-4-5-24-16(29-13)12-8-26-15-11(12)6-10(20)7-25-15;1-3-10(2)15(18(30)27-9-19(21,22)23)28-14-4-5-24-17(29-14)13-8-26-16-12(13)6-11(20)7-25-16;;;;;/h2*4-7,9,14H,3,8H2,1-2H3,(H,25,26)(H,28,31)(H,27,29,30);4-8,14H,9H2,1-3H3,(H,25,26)(H,27,30)(H,24,28,29);4-8,10,15H,3,9H2,1-2H3,(H,25,26)(H,27,30)(H,24,28,29);5*1H/t9-,14+;9-,14-;14-;10-,15+;;;;;/m1001...../s1. The molecule has 0 aliphatic carbocycles. The van der Waals surface area contributed by atoms with Gasteiger partial charge >= 0.3 is 24.7 Å². The number of H-pyrrole nitrogens is 4. The Bertz CT molecular complexity index is 5490. The largest absolute Gasteiger partial charge is 0.405 e. The molecule has 0 aromatic carbocycles. The normalized spacial score (nSPS) is 13.7. The van der Waals surface area contributed by atoms with Crippen molar-refractivity contribution in [2.45, 2.75) is 130 Å². The van der Waals surface area contributed by atoms with Gasteiger partial charge in [-0.3, -0.25) is 19.2 Å². The number of carbonyl (C=O) groups excluding carboxylic acids is 4. The summed E-state index contributed by atoms with van der Waals surface area (Å²) in [5.74, 6) is -5.11. The number of nitrogens with zero attached hydrogens (tertiary/aromatic N) is 12. The minimum atomic E-state index is -4.56. The molecule has 0 spiro atoms. The van der Waals surface area contributed by atoms with Crippen molar-refractivity contribution in [3.05, 3.63) is 142 Å². The molecule has 46 heteroatoms. The van der Waals surface area contributed by atoms with E-state index in [1.807, 2.05) is 28.2 Å². The Kier molecular flexibility index (Phi) is 31.2. The molecule has 0 saturated carbocycles. The highest BCUT2D eigenvalue weighted by Gasteiger charge is 2.38. The molecule has 7 atom stereocenters. The second-order valence-electron chi connectivity index (χ2n) is 28.6. The molecule has 12 heterocycles. The first-order chi connectivity index (χ1) is 57.3. The number of rotatable bonds is 26. The van der Waals surface area contributed by atoms with Gasteiger partial charge in [-0.25, -0.2) is 68.6 Å². The van der Waals surface area contributed by atoms with E-state index in [9.17, 15) is 80.6 Å². The molecule has 12 aromatic rings. The van der Waals surface area contributed by atoms with Crippen LogP contribution in [-0.4, -0.2) is 178 Å². The molecule has 0 fully saturated rings. The molecule has 0 aliphatic rings. The third-order valence-electron chi connectivity index (χ3n) is 18.4. The molecular formula is C76H88Cl4F14N24O4. The van der Waals surface area contributed by atoms with E-state index in [4.69, 9.17) is 46.4 Å². The van der Waals surface area contributed by atoms with E-state index in [0.717, 1.165) is 23.2 Å². The van der Waals surface area contributed by atoms with Crippen molar-refractivity contribution >= 4 is 137 Å². The maximum absolute atomic E-state index is 14.4. The summed E-state index contributed by atoms with van der Waals surface area (Å²) < 4.78 is 179. The van der Waals surface area contributed by atoms with Crippen LogP contribution in [0.15, 0.2) is 111 Å². The van der Waals surface area contributed by atoms with Crippen molar-refractivity contribution in [3.63, 3.8) is 0 Å². The number of fused-ring (bicyclic) bond motifs is 4. The van der Waals surface area contributed by atoms with Crippen LogP contribution in [0.25, 0.3) is 89.7 Å². The highest BCUT2D eigenvalue weighted by molar-refractivity contribution is 6.32. The van der Waals surface area contributed by atoms with Crippen LogP contribution in [0.1, 0.15) is 88.7 Å². The number of hydrogen-bond acceptors (Lipinski definition) is 20. The molecule has 0 bridgehead atoms. The molecule has 12 aromatic heterocycles. The molecule has 12 rings (SSSR count). The van der Waals surface area contributed by atoms with E-state index in [1.54, 1.807) is 117 Å². The van der Waals surface area contributed by atoms with Crippen molar-refractivity contribution in [3.8, 4) is 45.6 Å². The Labute approximate surface area is 712 Å². The summed E-state index contributed by atoms with van der Waals surface area (Å²) in [5, 5.41) is 23.0. The highest BCUT2D eigenvalue weighted by Crippen LogP contribution is 2.35. The minimum Gasteiger partial charge on any atom is -0.358 e. The van der Waals surface area contributed by atoms with E-state index < -0.39 is 128 Å². The predicted octanol–water partition coefficient (Wildman–Crippen LogP) is 18.2. The molecule has 0 saturated heterocycles. The number of hydrogen-bond donors (Lipinski definition) is 12. The van der Waals surface area contributed by atoms with Gasteiger partial charge in [-0.2, -0.15) is 52.7 Å². The SMILES string of the molecule is CC(C)(C)[C@@H](Nc1ccnc(-c2c[nH]c3ncc(Cl)cc23)n1)C(=O)NCC(F)(F)F.CC[C@@H](C)[C@H](Nc1ccnc(-c2c[nH]c3ncc(Cl)cc23)n1)C(=O)NCC(F)(F)F.CC[C@@H](C)[C@H](Nc1nc(-c2c[nH]c3ncc(Cl)cc23)ncc1F)C(=O)NCC(F)(F)F.CC[C@H](C)[C@H](Nc1nc(-c2c[nH]c3ncc(Cl)cc23)ncc1F)C(=O)NCC(F)(F)F.[HH].[HH].[HH].[HH].[HH]. The number of pyridine rings is 4. The number of anilines is 4. The number of halogens is 18. The summed E-state index contributed by atoms with van der Waals surface area (Å²) in [7, 11) is 0. The van der Waals surface area contributed by atoms with Crippen LogP contribution >= 0.6 is 46.4 Å². The third kappa shape index (κ3) is 26.2. The Hall–Kier alpha value is -11.7. The summed E-state index contributed by atoms with van der Waals surface area (Å²) in [4.78, 5) is 112. The van der Waals surface area contributed by atoms with Gasteiger partial charge in [0.1, 0.15) is 84.6 Å². The zero-order valence-corrected chi connectivity index (χ0v) is 68.7. The van der Waals surface area contributed by atoms with Gasteiger partial charge in [-0.15, -0.1) is 0 Å². The van der Waals surface area contributed by atoms with Crippen molar-refractivity contribution in [1.82, 2.24) is 101 Å². The summed E-state index contributed by atoms with van der Waals surface area (Å²) in [6, 6.07) is 5.71. The van der Waals surface area contributed by atoms with Crippen molar-refractivity contribution in [1.29, 1.82) is 0 Å². The van der Waals surface area contributed by atoms with E-state index in [0.29, 0.717) is 118 Å². The first-order valence-electron chi connectivity index (χ1n) is 37.0. The highest BCUT2D eigenvalue weighted by atomic mass is 35.5. The van der Waals surface area contributed by atoms with Crippen LogP contribution in [0, 0.1) is 34.8 Å². The van der Waals surface area contributed by atoms with Gasteiger partial charge < -0.3 is 62.5 Å². The molecule has 0 aliphatic heterocycles. The molecule has 12 N–H and O–H groups in total. The van der Waals surface area contributed by atoms with Gasteiger partial charge in [0.15, 0.2) is 46.6 Å². The topological polar surface area (TPSA) is 382 Å². The number of nitrogens with one attached hydrogen (secondary N) is 12. The summed E-state index contributed by atoms with van der Waals surface area (Å²) in [6.45, 7) is 9.95. The third-order valence-corrected chi connectivity index (χ3v) is 19.2. The number of alkyl halides is 12. The molecule has 0 radical (unpaired) electrons. The van der Waals surface area contributed by atoms with E-state index in [2.05, 4.69) is 101 Å². The van der Waals surface area contributed by atoms with Crippen LogP contribution < -0.4 is 42.5 Å². The molecular weight excluding hydrogens is 1720 g/mol. The Morgan fingerprint density at radius 1 is 0.385 bits per heavy atom. The molecule has 0 unspecified atom stereocenters. The Balaban J connectivity index is 0.000000350. The average Bonchev–Trinajstić information content (AvgIpc) is 1.70. The second kappa shape index (κ2) is 40.4. The minimum absolute atomic E-state index is 0. The fraction of sp³-hybridized carbons (Fsp3) is 0.368. The lowest BCUT2D eigenvalue weighted by Crippen LogP contribution is -2.49. The van der Waals surface area contributed by atoms with E-state index in [-0.39, 0.29) is 36.3 Å². The lowest BCUT2D eigenvalue weighted by molar-refractivity contribution is -0.140. The maximum atomic E-state index is 14.4. The maximum Gasteiger partial charge on any atom is 0.405 e. The lowest BCUT2D eigenvalue weighted by atomic mass is 9.86. The van der Waals surface area contributed by atoms with Crippen molar-refractivity contribution < 1.29 is 87.8 Å². The smallest absolute Gasteiger partial charge is 0.358 e. The number of amides is 4.